The fourth-order valence-electron chi connectivity index (χ4n) is 2.21. The summed E-state index contributed by atoms with van der Waals surface area (Å²) in [5.74, 6) is 0.958. The van der Waals surface area contributed by atoms with Crippen LogP contribution in [0.2, 0.25) is 0 Å². The summed E-state index contributed by atoms with van der Waals surface area (Å²) in [4.78, 5) is 25.6. The van der Waals surface area contributed by atoms with Gasteiger partial charge in [-0.15, -0.1) is 13.2 Å². The quantitative estimate of drug-likeness (QED) is 0.490. The lowest BCUT2D eigenvalue weighted by Crippen LogP contribution is -1.95. The second-order valence-electron chi connectivity index (χ2n) is 4.42. The molecule has 0 aliphatic heterocycles. The van der Waals surface area contributed by atoms with Crippen LogP contribution in [0.5, 0.6) is 11.6 Å². The highest BCUT2D eigenvalue weighted by Gasteiger charge is 2.23. The average molecular weight is 298 g/mol. The van der Waals surface area contributed by atoms with Crippen molar-refractivity contribution in [3.05, 3.63) is 70.9 Å². The Morgan fingerprint density at radius 3 is 2.59 bits per heavy atom. The number of ketones is 1. The Labute approximate surface area is 127 Å². The number of ether oxygens (including phenoxy) is 1. The molecule has 0 unspecified atom stereocenters. The third kappa shape index (κ3) is 3.01. The van der Waals surface area contributed by atoms with Crippen LogP contribution in [0.15, 0.2) is 49.7 Å². The number of nitro groups is 1. The van der Waals surface area contributed by atoms with Crippen molar-refractivity contribution in [1.29, 1.82) is 0 Å². The molecular formula is C16H14N2O4. The van der Waals surface area contributed by atoms with E-state index in [9.17, 15) is 14.9 Å². The monoisotopic (exact) mass is 298 g/mol. The predicted molar refractivity (Wildman–Crippen MR) is 81.3 cm³/mol. The van der Waals surface area contributed by atoms with Crippen LogP contribution < -0.4 is 4.74 Å². The summed E-state index contributed by atoms with van der Waals surface area (Å²) in [6, 6.07) is 8.06. The Balaban J connectivity index is 0.000000847. The van der Waals surface area contributed by atoms with Gasteiger partial charge in [0, 0.05) is 29.7 Å². The number of pyridine rings is 1. The molecule has 3 rings (SSSR count). The zero-order chi connectivity index (χ0) is 16.1. The third-order valence-corrected chi connectivity index (χ3v) is 3.18. The number of aromatic nitrogens is 1. The van der Waals surface area contributed by atoms with Gasteiger partial charge in [-0.25, -0.2) is 4.98 Å². The molecule has 1 aliphatic rings. The van der Waals surface area contributed by atoms with Crippen molar-refractivity contribution in [3.63, 3.8) is 0 Å². The first-order chi connectivity index (χ1) is 10.6. The van der Waals surface area contributed by atoms with E-state index in [1.54, 1.807) is 18.2 Å². The Morgan fingerprint density at radius 1 is 1.18 bits per heavy atom. The first kappa shape index (κ1) is 15.4. The van der Waals surface area contributed by atoms with Gasteiger partial charge in [0.2, 0.25) is 5.88 Å². The lowest BCUT2D eigenvalue weighted by atomic mass is 10.1. The zero-order valence-electron chi connectivity index (χ0n) is 11.8. The molecule has 0 bridgehead atoms. The maximum absolute atomic E-state index is 11.6. The highest BCUT2D eigenvalue weighted by atomic mass is 16.6. The fraction of sp³-hybridized carbons (Fsp3) is 0.125. The van der Waals surface area contributed by atoms with Crippen molar-refractivity contribution in [2.75, 3.05) is 0 Å². The van der Waals surface area contributed by atoms with Gasteiger partial charge in [0.25, 0.3) is 5.69 Å². The highest BCUT2D eigenvalue weighted by Crippen LogP contribution is 2.33. The minimum absolute atomic E-state index is 0.0918. The molecule has 1 aliphatic carbocycles. The number of nitrogens with zero attached hydrogens (tertiary/aromatic N) is 2. The van der Waals surface area contributed by atoms with Crippen molar-refractivity contribution in [3.8, 4) is 11.6 Å². The van der Waals surface area contributed by atoms with Gasteiger partial charge in [-0.1, -0.05) is 12.1 Å². The minimum atomic E-state index is -0.518. The summed E-state index contributed by atoms with van der Waals surface area (Å²) in [7, 11) is 0. The summed E-state index contributed by atoms with van der Waals surface area (Å²) >= 11 is 0. The number of fused-ring (bicyclic) bond motifs is 1. The van der Waals surface area contributed by atoms with E-state index in [1.807, 2.05) is 0 Å². The summed E-state index contributed by atoms with van der Waals surface area (Å²) in [5.41, 5.74) is 1.47. The van der Waals surface area contributed by atoms with E-state index in [1.165, 1.54) is 12.1 Å². The summed E-state index contributed by atoms with van der Waals surface area (Å²) in [6.07, 6.45) is 2.28. The normalized spacial score (nSPS) is 12.1. The van der Waals surface area contributed by atoms with E-state index < -0.39 is 4.92 Å². The topological polar surface area (TPSA) is 82.3 Å². The first-order valence-corrected chi connectivity index (χ1v) is 6.58. The van der Waals surface area contributed by atoms with Crippen LogP contribution in [0.4, 0.5) is 5.69 Å². The molecule has 6 nitrogen and oxygen atoms in total. The Morgan fingerprint density at radius 2 is 1.95 bits per heavy atom. The molecule has 1 aromatic heterocycles. The Hall–Kier alpha value is -3.02. The van der Waals surface area contributed by atoms with Crippen LogP contribution in [0.1, 0.15) is 22.3 Å². The van der Waals surface area contributed by atoms with E-state index in [2.05, 4.69) is 18.1 Å². The fourth-order valence-corrected chi connectivity index (χ4v) is 2.21. The number of carbonyl (C=O) groups excluding carboxylic acids is 1. The molecule has 2 aromatic rings. The molecule has 0 atom stereocenters. The molecular weight excluding hydrogens is 284 g/mol. The van der Waals surface area contributed by atoms with E-state index in [-0.39, 0.29) is 17.4 Å². The molecule has 0 radical (unpaired) electrons. The molecule has 0 spiro atoms. The van der Waals surface area contributed by atoms with Gasteiger partial charge in [-0.05, 0) is 12.5 Å². The number of Topliss-reactive ketones (excluding diaryl/α,β-unsaturated/α-hetero) is 1. The van der Waals surface area contributed by atoms with Gasteiger partial charge in [0.05, 0.1) is 4.92 Å². The van der Waals surface area contributed by atoms with Crippen LogP contribution in [-0.2, 0) is 6.42 Å². The molecule has 0 N–H and O–H groups in total. The van der Waals surface area contributed by atoms with Crippen molar-refractivity contribution < 1.29 is 14.5 Å². The standard InChI is InChI=1S/C14H10N2O4.C2H4/c17-12-6-5-11-10(12)2-1-3-13(11)20-14-7-4-9(8-15-14)16(18)19;1-2/h1-4,7-8H,5-6H2;1-2H2. The van der Waals surface area contributed by atoms with Crippen LogP contribution in [-0.4, -0.2) is 15.7 Å². The Bertz CT molecular complexity index is 711. The van der Waals surface area contributed by atoms with Crippen molar-refractivity contribution >= 4 is 11.5 Å². The lowest BCUT2D eigenvalue weighted by molar-refractivity contribution is -0.385. The zero-order valence-corrected chi connectivity index (χ0v) is 11.8. The van der Waals surface area contributed by atoms with Gasteiger partial charge >= 0.3 is 0 Å². The van der Waals surface area contributed by atoms with Crippen LogP contribution in [0.25, 0.3) is 0 Å². The van der Waals surface area contributed by atoms with Crippen molar-refractivity contribution in [2.24, 2.45) is 0 Å². The maximum Gasteiger partial charge on any atom is 0.287 e. The van der Waals surface area contributed by atoms with Crippen LogP contribution in [0, 0.1) is 10.1 Å². The smallest absolute Gasteiger partial charge is 0.287 e. The molecule has 1 heterocycles. The molecule has 0 amide bonds. The predicted octanol–water partition coefficient (Wildman–Crippen LogP) is 3.71. The molecule has 0 saturated heterocycles. The van der Waals surface area contributed by atoms with Crippen LogP contribution >= 0.6 is 0 Å². The number of carbonyl (C=O) groups is 1. The molecule has 6 heteroatoms. The van der Waals surface area contributed by atoms with Crippen molar-refractivity contribution in [1.82, 2.24) is 4.98 Å². The van der Waals surface area contributed by atoms with Gasteiger partial charge in [0.1, 0.15) is 11.9 Å². The van der Waals surface area contributed by atoms with E-state index in [0.717, 1.165) is 11.8 Å². The molecule has 112 valence electrons. The third-order valence-electron chi connectivity index (χ3n) is 3.18. The van der Waals surface area contributed by atoms with Gasteiger partial charge in [-0.3, -0.25) is 14.9 Å². The number of benzene rings is 1. The van der Waals surface area contributed by atoms with Gasteiger partial charge in [0.15, 0.2) is 5.78 Å². The van der Waals surface area contributed by atoms with E-state index >= 15 is 0 Å². The Kier molecular flexibility index (Phi) is 4.63. The minimum Gasteiger partial charge on any atom is -0.439 e. The summed E-state index contributed by atoms with van der Waals surface area (Å²) in [5, 5.41) is 10.5. The van der Waals surface area contributed by atoms with E-state index in [4.69, 9.17) is 4.74 Å². The lowest BCUT2D eigenvalue weighted by Gasteiger charge is -2.08. The average Bonchev–Trinajstić information content (AvgIpc) is 2.93. The maximum atomic E-state index is 11.6. The van der Waals surface area contributed by atoms with Crippen molar-refractivity contribution in [2.45, 2.75) is 12.8 Å². The number of hydrogen-bond acceptors (Lipinski definition) is 5. The second kappa shape index (κ2) is 6.62. The molecule has 0 saturated carbocycles. The van der Waals surface area contributed by atoms with Crippen LogP contribution in [0.3, 0.4) is 0 Å². The highest BCUT2D eigenvalue weighted by molar-refractivity contribution is 6.01. The van der Waals surface area contributed by atoms with Gasteiger partial charge in [-0.2, -0.15) is 0 Å². The molecule has 22 heavy (non-hydrogen) atoms. The summed E-state index contributed by atoms with van der Waals surface area (Å²) in [6.45, 7) is 6.00. The number of hydrogen-bond donors (Lipinski definition) is 0. The molecule has 1 aromatic carbocycles. The van der Waals surface area contributed by atoms with E-state index in [0.29, 0.717) is 24.2 Å². The SMILES string of the molecule is C=C.O=C1CCc2c(Oc3ccc([N+](=O)[O-])cn3)cccc21. The number of rotatable bonds is 3. The largest absolute Gasteiger partial charge is 0.439 e. The molecule has 0 fully saturated rings. The second-order valence-corrected chi connectivity index (χ2v) is 4.42. The first-order valence-electron chi connectivity index (χ1n) is 6.58. The summed E-state index contributed by atoms with van der Waals surface area (Å²) < 4.78 is 5.62. The van der Waals surface area contributed by atoms with Gasteiger partial charge < -0.3 is 4.74 Å².